The van der Waals surface area contributed by atoms with Crippen molar-refractivity contribution in [3.05, 3.63) is 22.4 Å². The molecule has 1 unspecified atom stereocenters. The van der Waals surface area contributed by atoms with Gasteiger partial charge in [-0.1, -0.05) is 13.8 Å². The second kappa shape index (κ2) is 8.59. The van der Waals surface area contributed by atoms with E-state index in [0.717, 1.165) is 37.9 Å². The third-order valence-corrected chi connectivity index (χ3v) is 7.90. The van der Waals surface area contributed by atoms with Crippen molar-refractivity contribution in [1.29, 1.82) is 0 Å². The highest BCUT2D eigenvalue weighted by molar-refractivity contribution is 7.92. The highest BCUT2D eigenvalue weighted by Gasteiger charge is 2.57. The van der Waals surface area contributed by atoms with Gasteiger partial charge in [-0.25, -0.2) is 8.42 Å². The average Bonchev–Trinajstić information content (AvgIpc) is 2.95. The summed E-state index contributed by atoms with van der Waals surface area (Å²) in [5.41, 5.74) is 1.30. The highest BCUT2D eigenvalue weighted by Crippen LogP contribution is 2.56. The predicted octanol–water partition coefficient (Wildman–Crippen LogP) is 2.71. The van der Waals surface area contributed by atoms with Crippen molar-refractivity contribution in [2.24, 2.45) is 11.3 Å². The summed E-state index contributed by atoms with van der Waals surface area (Å²) in [6, 6.07) is 2.21. The Morgan fingerprint density at radius 1 is 1.38 bits per heavy atom. The lowest BCUT2D eigenvalue weighted by Crippen LogP contribution is -2.41. The number of nitrogens with one attached hydrogen (secondary N) is 1. The lowest BCUT2D eigenvalue weighted by molar-refractivity contribution is -0.130. The lowest BCUT2D eigenvalue weighted by atomic mass is 9.93. The number of carbonyl (C=O) groups is 1. The number of piperidine rings is 1. The first-order chi connectivity index (χ1) is 11.8. The van der Waals surface area contributed by atoms with Gasteiger partial charge >= 0.3 is 0 Å². The number of hydrogen-bond donors (Lipinski definition) is 1. The van der Waals surface area contributed by atoms with Gasteiger partial charge in [0.1, 0.15) is 5.75 Å². The van der Waals surface area contributed by atoms with Crippen LogP contribution in [0.1, 0.15) is 38.7 Å². The van der Waals surface area contributed by atoms with E-state index < -0.39 is 9.84 Å². The van der Waals surface area contributed by atoms with Gasteiger partial charge in [0.15, 0.2) is 9.84 Å². The van der Waals surface area contributed by atoms with Crippen molar-refractivity contribution in [1.82, 2.24) is 10.2 Å². The molecule has 0 radical (unpaired) electrons. The molecule has 1 saturated heterocycles. The largest absolute Gasteiger partial charge is 0.334 e. The number of amides is 1. The second-order valence-corrected chi connectivity index (χ2v) is 10.8. The molecule has 1 aliphatic heterocycles. The molecule has 1 aromatic rings. The summed E-state index contributed by atoms with van der Waals surface area (Å²) in [5.74, 6) is -0.475. The van der Waals surface area contributed by atoms with E-state index in [0.29, 0.717) is 6.54 Å². The maximum atomic E-state index is 12.9. The monoisotopic (exact) mass is 420 g/mol. The molecule has 2 aliphatic rings. The van der Waals surface area contributed by atoms with Crippen LogP contribution in [0.15, 0.2) is 16.8 Å². The summed E-state index contributed by atoms with van der Waals surface area (Å²) < 4.78 is 24.6. The number of hydrogen-bond acceptors (Lipinski definition) is 5. The van der Waals surface area contributed by atoms with Crippen molar-refractivity contribution >= 4 is 39.5 Å². The van der Waals surface area contributed by atoms with Crippen LogP contribution in [0.2, 0.25) is 0 Å². The predicted molar refractivity (Wildman–Crippen MR) is 109 cm³/mol. The van der Waals surface area contributed by atoms with Crippen LogP contribution in [0.25, 0.3) is 0 Å². The maximum absolute atomic E-state index is 12.9. The van der Waals surface area contributed by atoms with Gasteiger partial charge in [-0.2, -0.15) is 11.3 Å². The van der Waals surface area contributed by atoms with Crippen LogP contribution in [-0.2, 0) is 21.2 Å². The molecule has 148 valence electrons. The van der Waals surface area contributed by atoms with E-state index in [1.165, 1.54) is 0 Å². The van der Waals surface area contributed by atoms with Gasteiger partial charge in [0.05, 0.1) is 5.75 Å². The quantitative estimate of drug-likeness (QED) is 0.736. The number of halogens is 1. The van der Waals surface area contributed by atoms with Gasteiger partial charge in [0.2, 0.25) is 5.91 Å². The Kier molecular flexibility index (Phi) is 7.16. The van der Waals surface area contributed by atoms with Crippen LogP contribution in [0.3, 0.4) is 0 Å². The van der Waals surface area contributed by atoms with Gasteiger partial charge in [0, 0.05) is 12.6 Å². The molecule has 1 aromatic heterocycles. The third-order valence-electron chi connectivity index (χ3n) is 5.31. The Hall–Kier alpha value is -0.630. The van der Waals surface area contributed by atoms with Crippen molar-refractivity contribution in [3.8, 4) is 0 Å². The van der Waals surface area contributed by atoms with E-state index in [4.69, 9.17) is 0 Å². The molecule has 1 saturated carbocycles. The molecule has 2 fully saturated rings. The van der Waals surface area contributed by atoms with Gasteiger partial charge < -0.3 is 10.2 Å². The van der Waals surface area contributed by atoms with E-state index in [9.17, 15) is 13.2 Å². The molecule has 0 aromatic carbocycles. The molecule has 1 aliphatic carbocycles. The van der Waals surface area contributed by atoms with Gasteiger partial charge in [-0.05, 0) is 66.1 Å². The first-order valence-electron chi connectivity index (χ1n) is 9.03. The molecule has 1 atom stereocenters. The summed E-state index contributed by atoms with van der Waals surface area (Å²) in [6.45, 7) is 6.25. The zero-order valence-corrected chi connectivity index (χ0v) is 17.9. The van der Waals surface area contributed by atoms with Crippen molar-refractivity contribution in [2.75, 3.05) is 24.6 Å². The summed E-state index contributed by atoms with van der Waals surface area (Å²) in [7, 11) is -3.35. The van der Waals surface area contributed by atoms with E-state index in [-0.39, 0.29) is 47.2 Å². The average molecular weight is 421 g/mol. The molecule has 1 amide bonds. The normalized spacial score (nSPS) is 21.4. The summed E-state index contributed by atoms with van der Waals surface area (Å²) in [6.07, 6.45) is 3.16. The standard InChI is InChI=1S/C18H28N2O3S2.ClH/c1-14(2)12-25(22,23)13-17(21)20(10-15-3-8-24-11-15)16-9-18(16)4-6-19-7-5-18;/h3,8,11,14,16,19H,4-7,9-10,12-13H2,1-2H3;1H. The minimum absolute atomic E-state index is 0. The Morgan fingerprint density at radius 2 is 2.08 bits per heavy atom. The van der Waals surface area contributed by atoms with Crippen LogP contribution in [0.5, 0.6) is 0 Å². The first kappa shape index (κ1) is 21.7. The molecule has 5 nitrogen and oxygen atoms in total. The molecule has 1 N–H and O–H groups in total. The molecule has 26 heavy (non-hydrogen) atoms. The minimum atomic E-state index is -3.35. The molecule has 0 bridgehead atoms. The number of thiophene rings is 1. The van der Waals surface area contributed by atoms with Crippen molar-refractivity contribution in [3.63, 3.8) is 0 Å². The number of rotatable bonds is 7. The zero-order valence-electron chi connectivity index (χ0n) is 15.4. The first-order valence-corrected chi connectivity index (χ1v) is 11.8. The molecular weight excluding hydrogens is 392 g/mol. The fourth-order valence-electron chi connectivity index (χ4n) is 4.02. The SMILES string of the molecule is CC(C)CS(=O)(=O)CC(=O)N(Cc1ccsc1)C1CC12CCNCC2.Cl. The molecule has 1 spiro atoms. The van der Waals surface area contributed by atoms with Crippen molar-refractivity contribution < 1.29 is 13.2 Å². The van der Waals surface area contributed by atoms with Crippen LogP contribution >= 0.6 is 23.7 Å². The van der Waals surface area contributed by atoms with E-state index in [2.05, 4.69) is 5.32 Å². The molecule has 3 rings (SSSR count). The van der Waals surface area contributed by atoms with Crippen molar-refractivity contribution in [2.45, 2.75) is 45.7 Å². The van der Waals surface area contributed by atoms with Gasteiger partial charge in [0.25, 0.3) is 0 Å². The molecule has 8 heteroatoms. The minimum Gasteiger partial charge on any atom is -0.334 e. The second-order valence-electron chi connectivity index (χ2n) is 7.93. The fourth-order valence-corrected chi connectivity index (χ4v) is 6.35. The molecular formula is C18H29ClN2O3S2. The Labute approximate surface area is 166 Å². The maximum Gasteiger partial charge on any atom is 0.238 e. The fraction of sp³-hybridized carbons (Fsp3) is 0.722. The summed E-state index contributed by atoms with van der Waals surface area (Å²) in [5, 5.41) is 7.42. The number of carbonyl (C=O) groups excluding carboxylic acids is 1. The van der Waals surface area contributed by atoms with Crippen LogP contribution in [-0.4, -0.2) is 49.9 Å². The topological polar surface area (TPSA) is 66.5 Å². The van der Waals surface area contributed by atoms with Gasteiger partial charge in [-0.3, -0.25) is 4.79 Å². The lowest BCUT2D eigenvalue weighted by Gasteiger charge is -2.29. The van der Waals surface area contributed by atoms with E-state index >= 15 is 0 Å². The summed E-state index contributed by atoms with van der Waals surface area (Å²) in [4.78, 5) is 14.8. The number of nitrogens with zero attached hydrogens (tertiary/aromatic N) is 1. The van der Waals surface area contributed by atoms with Crippen LogP contribution in [0.4, 0.5) is 0 Å². The molecule has 2 heterocycles. The van der Waals surface area contributed by atoms with Crippen LogP contribution in [0, 0.1) is 11.3 Å². The highest BCUT2D eigenvalue weighted by atomic mass is 35.5. The Morgan fingerprint density at radius 3 is 2.65 bits per heavy atom. The number of sulfone groups is 1. The Bertz CT molecular complexity index is 698. The van der Waals surface area contributed by atoms with Gasteiger partial charge in [-0.15, -0.1) is 12.4 Å². The van der Waals surface area contributed by atoms with Crippen LogP contribution < -0.4 is 5.32 Å². The Balaban J connectivity index is 0.00000243. The third kappa shape index (κ3) is 5.21. The van der Waals surface area contributed by atoms with E-state index in [1.54, 1.807) is 11.3 Å². The summed E-state index contributed by atoms with van der Waals surface area (Å²) >= 11 is 1.61. The zero-order chi connectivity index (χ0) is 18.1. The smallest absolute Gasteiger partial charge is 0.238 e. The van der Waals surface area contributed by atoms with E-state index in [1.807, 2.05) is 35.6 Å².